The van der Waals surface area contributed by atoms with Crippen molar-refractivity contribution in [2.24, 2.45) is 0 Å². The second-order valence-corrected chi connectivity index (χ2v) is 4.74. The summed E-state index contributed by atoms with van der Waals surface area (Å²) in [7, 11) is 0. The molecule has 0 bridgehead atoms. The molecule has 17 heavy (non-hydrogen) atoms. The number of hydrogen-bond acceptors (Lipinski definition) is 2. The van der Waals surface area contributed by atoms with E-state index in [9.17, 15) is 0 Å². The molecule has 0 saturated heterocycles. The molecule has 0 aliphatic rings. The molecule has 84 valence electrons. The minimum absolute atomic E-state index is 0.881. The average molecular weight is 288 g/mol. The largest absolute Gasteiger partial charge is 0.337 e. The van der Waals surface area contributed by atoms with Crippen molar-refractivity contribution in [1.82, 2.24) is 15.0 Å². The second-order valence-electron chi connectivity index (χ2n) is 3.89. The fraction of sp³-hybridized carbons (Fsp3) is 0.0769. The van der Waals surface area contributed by atoms with Crippen molar-refractivity contribution in [1.29, 1.82) is 0 Å². The van der Waals surface area contributed by atoms with Crippen LogP contribution in [-0.2, 0) is 0 Å². The fourth-order valence-corrected chi connectivity index (χ4v) is 2.21. The zero-order chi connectivity index (χ0) is 11.8. The standard InChI is InChI=1S/C13H10BrN3/c1-8-9(3-2-4-10(8)14)13-16-11-5-6-15-7-12(11)17-13/h2-7H,1H3,(H,16,17). The van der Waals surface area contributed by atoms with E-state index in [1.54, 1.807) is 12.4 Å². The van der Waals surface area contributed by atoms with Crippen molar-refractivity contribution in [2.45, 2.75) is 6.92 Å². The molecular weight excluding hydrogens is 278 g/mol. The van der Waals surface area contributed by atoms with Crippen molar-refractivity contribution in [3.63, 3.8) is 0 Å². The highest BCUT2D eigenvalue weighted by atomic mass is 79.9. The van der Waals surface area contributed by atoms with Crippen LogP contribution in [0.3, 0.4) is 0 Å². The average Bonchev–Trinajstić information content (AvgIpc) is 2.76. The first-order valence-electron chi connectivity index (χ1n) is 5.31. The first-order chi connectivity index (χ1) is 8.25. The molecule has 0 radical (unpaired) electrons. The molecule has 2 heterocycles. The summed E-state index contributed by atoms with van der Waals surface area (Å²) >= 11 is 3.53. The quantitative estimate of drug-likeness (QED) is 0.742. The van der Waals surface area contributed by atoms with Crippen LogP contribution in [0.1, 0.15) is 5.56 Å². The highest BCUT2D eigenvalue weighted by molar-refractivity contribution is 9.10. The molecule has 1 N–H and O–H groups in total. The lowest BCUT2D eigenvalue weighted by Gasteiger charge is -2.03. The summed E-state index contributed by atoms with van der Waals surface area (Å²) in [6.07, 6.45) is 3.54. The third kappa shape index (κ3) is 1.74. The van der Waals surface area contributed by atoms with E-state index in [-0.39, 0.29) is 0 Å². The monoisotopic (exact) mass is 287 g/mol. The van der Waals surface area contributed by atoms with Crippen molar-refractivity contribution in [3.05, 3.63) is 46.7 Å². The summed E-state index contributed by atoms with van der Waals surface area (Å²) in [4.78, 5) is 11.9. The predicted octanol–water partition coefficient (Wildman–Crippen LogP) is 3.70. The summed E-state index contributed by atoms with van der Waals surface area (Å²) in [5.41, 5.74) is 4.19. The van der Waals surface area contributed by atoms with Gasteiger partial charge in [-0.2, -0.15) is 0 Å². The van der Waals surface area contributed by atoms with Gasteiger partial charge in [0.05, 0.1) is 17.2 Å². The van der Waals surface area contributed by atoms with Crippen LogP contribution < -0.4 is 0 Å². The van der Waals surface area contributed by atoms with Gasteiger partial charge in [0, 0.05) is 16.2 Å². The van der Waals surface area contributed by atoms with Crippen LogP contribution >= 0.6 is 15.9 Å². The van der Waals surface area contributed by atoms with Gasteiger partial charge in [0.15, 0.2) is 0 Å². The van der Waals surface area contributed by atoms with E-state index in [4.69, 9.17) is 0 Å². The van der Waals surface area contributed by atoms with Gasteiger partial charge in [-0.25, -0.2) is 4.98 Å². The number of benzene rings is 1. The molecule has 0 amide bonds. The van der Waals surface area contributed by atoms with Crippen molar-refractivity contribution < 1.29 is 0 Å². The van der Waals surface area contributed by atoms with E-state index in [1.807, 2.05) is 18.2 Å². The Morgan fingerprint density at radius 3 is 2.94 bits per heavy atom. The summed E-state index contributed by atoms with van der Waals surface area (Å²) in [6.45, 7) is 2.07. The van der Waals surface area contributed by atoms with Crippen LogP contribution in [0.5, 0.6) is 0 Å². The number of pyridine rings is 1. The number of rotatable bonds is 1. The third-order valence-corrected chi connectivity index (χ3v) is 3.67. The van der Waals surface area contributed by atoms with Crippen molar-refractivity contribution >= 4 is 27.0 Å². The normalized spacial score (nSPS) is 10.9. The SMILES string of the molecule is Cc1c(Br)cccc1-c1nc2ccncc2[nH]1. The number of hydrogen-bond donors (Lipinski definition) is 1. The maximum absolute atomic E-state index is 4.57. The maximum Gasteiger partial charge on any atom is 0.138 e. The van der Waals surface area contributed by atoms with E-state index in [0.29, 0.717) is 0 Å². The van der Waals surface area contributed by atoms with Crippen molar-refractivity contribution in [3.8, 4) is 11.4 Å². The number of nitrogens with one attached hydrogen (secondary N) is 1. The van der Waals surface area contributed by atoms with Crippen LogP contribution in [-0.4, -0.2) is 15.0 Å². The van der Waals surface area contributed by atoms with Gasteiger partial charge in [-0.1, -0.05) is 28.1 Å². The number of halogens is 1. The van der Waals surface area contributed by atoms with E-state index in [2.05, 4.69) is 43.9 Å². The fourth-order valence-electron chi connectivity index (χ4n) is 1.85. The van der Waals surface area contributed by atoms with Gasteiger partial charge in [0.2, 0.25) is 0 Å². The molecule has 0 atom stereocenters. The van der Waals surface area contributed by atoms with Gasteiger partial charge >= 0.3 is 0 Å². The molecule has 3 nitrogen and oxygen atoms in total. The molecule has 0 spiro atoms. The Kier molecular flexibility index (Phi) is 2.44. The zero-order valence-electron chi connectivity index (χ0n) is 9.24. The van der Waals surface area contributed by atoms with Gasteiger partial charge in [0.25, 0.3) is 0 Å². The lowest BCUT2D eigenvalue weighted by Crippen LogP contribution is -1.86. The minimum Gasteiger partial charge on any atom is -0.337 e. The smallest absolute Gasteiger partial charge is 0.138 e. The zero-order valence-corrected chi connectivity index (χ0v) is 10.8. The molecule has 0 fully saturated rings. The summed E-state index contributed by atoms with van der Waals surface area (Å²) < 4.78 is 1.09. The number of H-pyrrole nitrogens is 1. The number of nitrogens with zero attached hydrogens (tertiary/aromatic N) is 2. The predicted molar refractivity (Wildman–Crippen MR) is 71.8 cm³/mol. The molecule has 3 aromatic rings. The Labute approximate surface area is 107 Å². The Morgan fingerprint density at radius 2 is 2.12 bits per heavy atom. The Hall–Kier alpha value is -1.68. The minimum atomic E-state index is 0.881. The van der Waals surface area contributed by atoms with Crippen LogP contribution in [0.2, 0.25) is 0 Å². The molecule has 0 aliphatic heterocycles. The summed E-state index contributed by atoms with van der Waals surface area (Å²) in [5, 5.41) is 0. The lowest BCUT2D eigenvalue weighted by atomic mass is 10.1. The Bertz CT molecular complexity index is 655. The van der Waals surface area contributed by atoms with E-state index in [0.717, 1.165) is 26.9 Å². The number of imidazole rings is 1. The maximum atomic E-state index is 4.57. The molecule has 4 heteroatoms. The number of aromatic amines is 1. The Balaban J connectivity index is 2.24. The Morgan fingerprint density at radius 1 is 1.24 bits per heavy atom. The molecule has 0 unspecified atom stereocenters. The van der Waals surface area contributed by atoms with Gasteiger partial charge in [-0.15, -0.1) is 0 Å². The van der Waals surface area contributed by atoms with E-state index < -0.39 is 0 Å². The first kappa shape index (κ1) is 10.5. The highest BCUT2D eigenvalue weighted by Crippen LogP contribution is 2.27. The molecule has 3 rings (SSSR count). The molecule has 2 aromatic heterocycles. The van der Waals surface area contributed by atoms with Gasteiger partial charge in [-0.3, -0.25) is 4.98 Å². The van der Waals surface area contributed by atoms with E-state index >= 15 is 0 Å². The lowest BCUT2D eigenvalue weighted by molar-refractivity contribution is 1.29. The van der Waals surface area contributed by atoms with Gasteiger partial charge in [0.1, 0.15) is 5.82 Å². The van der Waals surface area contributed by atoms with Crippen LogP contribution in [0, 0.1) is 6.92 Å². The van der Waals surface area contributed by atoms with Crippen LogP contribution in [0.15, 0.2) is 41.1 Å². The summed E-state index contributed by atoms with van der Waals surface area (Å²) in [5.74, 6) is 0.881. The van der Waals surface area contributed by atoms with Gasteiger partial charge < -0.3 is 4.98 Å². The number of aromatic nitrogens is 3. The van der Waals surface area contributed by atoms with Gasteiger partial charge in [-0.05, 0) is 24.6 Å². The van der Waals surface area contributed by atoms with E-state index in [1.165, 1.54) is 5.56 Å². The third-order valence-electron chi connectivity index (χ3n) is 2.81. The van der Waals surface area contributed by atoms with Crippen LogP contribution in [0.25, 0.3) is 22.4 Å². The van der Waals surface area contributed by atoms with Crippen molar-refractivity contribution in [2.75, 3.05) is 0 Å². The summed E-state index contributed by atoms with van der Waals surface area (Å²) in [6, 6.07) is 8.01. The highest BCUT2D eigenvalue weighted by Gasteiger charge is 2.08. The first-order valence-corrected chi connectivity index (χ1v) is 6.10. The molecule has 0 saturated carbocycles. The second kappa shape index (κ2) is 3.96. The molecule has 1 aromatic carbocycles. The molecule has 0 aliphatic carbocycles. The number of fused-ring (bicyclic) bond motifs is 1. The molecular formula is C13H10BrN3. The van der Waals surface area contributed by atoms with Crippen LogP contribution in [0.4, 0.5) is 0 Å². The topological polar surface area (TPSA) is 41.6 Å².